The van der Waals surface area contributed by atoms with Crippen molar-refractivity contribution in [3.05, 3.63) is 0 Å². The van der Waals surface area contributed by atoms with Gasteiger partial charge in [-0.3, -0.25) is 4.79 Å². The van der Waals surface area contributed by atoms with Crippen LogP contribution in [0.25, 0.3) is 0 Å². The second-order valence-corrected chi connectivity index (χ2v) is 4.68. The van der Waals surface area contributed by atoms with E-state index in [1.807, 2.05) is 13.8 Å². The van der Waals surface area contributed by atoms with Gasteiger partial charge < -0.3 is 5.32 Å². The van der Waals surface area contributed by atoms with Gasteiger partial charge in [-0.15, -0.1) is 0 Å². The Morgan fingerprint density at radius 2 is 1.69 bits per heavy atom. The van der Waals surface area contributed by atoms with Gasteiger partial charge >= 0.3 is 0 Å². The van der Waals surface area contributed by atoms with Crippen molar-refractivity contribution in [1.82, 2.24) is 5.32 Å². The molecule has 0 aromatic heterocycles. The van der Waals surface area contributed by atoms with Gasteiger partial charge in [0.05, 0.1) is 6.07 Å². The number of carbonyl (C=O) groups excluding carboxylic acids is 1. The molecule has 0 saturated carbocycles. The summed E-state index contributed by atoms with van der Waals surface area (Å²) < 4.78 is 0. The fraction of sp³-hybridized carbons (Fsp3) is 0.846. The van der Waals surface area contributed by atoms with Crippen LogP contribution in [0, 0.1) is 23.2 Å². The third-order valence-corrected chi connectivity index (χ3v) is 3.51. The Bertz CT molecular complexity index is 253. The quantitative estimate of drug-likeness (QED) is 0.754. The maximum absolute atomic E-state index is 12.0. The summed E-state index contributed by atoms with van der Waals surface area (Å²) >= 11 is 0. The van der Waals surface area contributed by atoms with E-state index >= 15 is 0 Å². The van der Waals surface area contributed by atoms with Gasteiger partial charge in [0, 0.05) is 5.54 Å². The van der Waals surface area contributed by atoms with Crippen molar-refractivity contribution >= 4 is 5.91 Å². The van der Waals surface area contributed by atoms with Crippen LogP contribution in [0.15, 0.2) is 0 Å². The molecule has 1 amide bonds. The molecule has 92 valence electrons. The van der Waals surface area contributed by atoms with Gasteiger partial charge in [-0.25, -0.2) is 0 Å². The number of rotatable bonds is 6. The van der Waals surface area contributed by atoms with E-state index < -0.39 is 5.92 Å². The number of nitriles is 1. The normalized spacial score (nSPS) is 13.3. The lowest BCUT2D eigenvalue weighted by atomic mass is 9.87. The first-order valence-electron chi connectivity index (χ1n) is 6.18. The van der Waals surface area contributed by atoms with Gasteiger partial charge in [-0.05, 0) is 25.2 Å². The lowest BCUT2D eigenvalue weighted by molar-refractivity contribution is -0.126. The van der Waals surface area contributed by atoms with Crippen molar-refractivity contribution in [2.75, 3.05) is 0 Å². The third-order valence-electron chi connectivity index (χ3n) is 3.51. The van der Waals surface area contributed by atoms with Gasteiger partial charge in [-0.2, -0.15) is 5.26 Å². The molecule has 0 aliphatic heterocycles. The minimum atomic E-state index is -0.538. The van der Waals surface area contributed by atoms with Gasteiger partial charge in [0.25, 0.3) is 0 Å². The first-order valence-corrected chi connectivity index (χ1v) is 6.18. The average molecular weight is 224 g/mol. The number of amides is 1. The summed E-state index contributed by atoms with van der Waals surface area (Å²) in [5.41, 5.74) is -0.138. The van der Waals surface area contributed by atoms with Crippen molar-refractivity contribution in [2.45, 2.75) is 59.4 Å². The monoisotopic (exact) mass is 224 g/mol. The molecule has 0 radical (unpaired) electrons. The van der Waals surface area contributed by atoms with Crippen LogP contribution in [0.1, 0.15) is 53.9 Å². The minimum absolute atomic E-state index is 0.0632. The molecule has 0 aromatic carbocycles. The maximum atomic E-state index is 12.0. The smallest absolute Gasteiger partial charge is 0.238 e. The molecule has 3 heteroatoms. The van der Waals surface area contributed by atoms with Crippen LogP contribution in [0.5, 0.6) is 0 Å². The Balaban J connectivity index is 4.70. The summed E-state index contributed by atoms with van der Waals surface area (Å²) in [4.78, 5) is 12.0. The number of hydrogen-bond donors (Lipinski definition) is 1. The first kappa shape index (κ1) is 15.0. The standard InChI is InChI=1S/C13H24N2O/c1-6-13(7-2,8-3)15-12(16)11(9-14)10(4)5/h10-11H,6-8H2,1-5H3,(H,15,16). The molecule has 0 saturated heterocycles. The number of nitrogens with zero attached hydrogens (tertiary/aromatic N) is 1. The molecule has 0 fully saturated rings. The van der Waals surface area contributed by atoms with Gasteiger partial charge in [0.2, 0.25) is 5.91 Å². The predicted octanol–water partition coefficient (Wildman–Crippen LogP) is 2.87. The highest BCUT2D eigenvalue weighted by Crippen LogP contribution is 2.21. The molecule has 0 aliphatic carbocycles. The molecular weight excluding hydrogens is 200 g/mol. The molecule has 3 nitrogen and oxygen atoms in total. The molecule has 0 rings (SSSR count). The Hall–Kier alpha value is -1.04. The fourth-order valence-electron chi connectivity index (χ4n) is 1.86. The summed E-state index contributed by atoms with van der Waals surface area (Å²) in [6.07, 6.45) is 2.71. The van der Waals surface area contributed by atoms with E-state index in [9.17, 15) is 4.79 Å². The van der Waals surface area contributed by atoms with Gasteiger partial charge in [-0.1, -0.05) is 34.6 Å². The second kappa shape index (κ2) is 6.52. The Labute approximate surface area is 99.2 Å². The molecule has 0 aromatic rings. The molecule has 1 N–H and O–H groups in total. The first-order chi connectivity index (χ1) is 7.46. The van der Waals surface area contributed by atoms with Crippen LogP contribution in [0.3, 0.4) is 0 Å². The molecule has 0 heterocycles. The average Bonchev–Trinajstić information content (AvgIpc) is 2.26. The molecular formula is C13H24N2O. The highest BCUT2D eigenvalue weighted by Gasteiger charge is 2.30. The maximum Gasteiger partial charge on any atom is 0.238 e. The van der Waals surface area contributed by atoms with Crippen molar-refractivity contribution in [3.63, 3.8) is 0 Å². The fourth-order valence-corrected chi connectivity index (χ4v) is 1.86. The molecule has 16 heavy (non-hydrogen) atoms. The van der Waals surface area contributed by atoms with E-state index in [0.717, 1.165) is 19.3 Å². The van der Waals surface area contributed by atoms with E-state index in [2.05, 4.69) is 32.2 Å². The Morgan fingerprint density at radius 3 is 1.94 bits per heavy atom. The second-order valence-electron chi connectivity index (χ2n) is 4.68. The van der Waals surface area contributed by atoms with Crippen molar-refractivity contribution in [3.8, 4) is 6.07 Å². The zero-order chi connectivity index (χ0) is 12.8. The van der Waals surface area contributed by atoms with Crippen LogP contribution in [0.2, 0.25) is 0 Å². The van der Waals surface area contributed by atoms with E-state index in [1.165, 1.54) is 0 Å². The summed E-state index contributed by atoms with van der Waals surface area (Å²) in [7, 11) is 0. The van der Waals surface area contributed by atoms with E-state index in [0.29, 0.717) is 0 Å². The highest BCUT2D eigenvalue weighted by molar-refractivity contribution is 5.82. The molecule has 1 atom stereocenters. The largest absolute Gasteiger partial charge is 0.350 e. The minimum Gasteiger partial charge on any atom is -0.350 e. The van der Waals surface area contributed by atoms with Crippen LogP contribution in [-0.4, -0.2) is 11.4 Å². The predicted molar refractivity (Wildman–Crippen MR) is 65.7 cm³/mol. The molecule has 0 bridgehead atoms. The number of carbonyl (C=O) groups is 1. The Kier molecular flexibility index (Phi) is 6.10. The lowest BCUT2D eigenvalue weighted by Crippen LogP contribution is -2.49. The summed E-state index contributed by atoms with van der Waals surface area (Å²) in [5, 5.41) is 12.0. The number of nitrogens with one attached hydrogen (secondary N) is 1. The third kappa shape index (κ3) is 3.52. The van der Waals surface area contributed by atoms with Gasteiger partial charge in [0.1, 0.15) is 5.92 Å². The topological polar surface area (TPSA) is 52.9 Å². The molecule has 0 spiro atoms. The van der Waals surface area contributed by atoms with Crippen LogP contribution in [-0.2, 0) is 4.79 Å². The van der Waals surface area contributed by atoms with Crippen molar-refractivity contribution < 1.29 is 4.79 Å². The summed E-state index contributed by atoms with van der Waals surface area (Å²) in [6, 6.07) is 2.08. The van der Waals surface area contributed by atoms with E-state index in [1.54, 1.807) is 0 Å². The van der Waals surface area contributed by atoms with Crippen molar-refractivity contribution in [2.24, 2.45) is 11.8 Å². The van der Waals surface area contributed by atoms with Crippen LogP contribution in [0.4, 0.5) is 0 Å². The highest BCUT2D eigenvalue weighted by atomic mass is 16.2. The van der Waals surface area contributed by atoms with Crippen LogP contribution >= 0.6 is 0 Å². The van der Waals surface area contributed by atoms with Crippen molar-refractivity contribution in [1.29, 1.82) is 5.26 Å². The molecule has 0 aliphatic rings. The zero-order valence-corrected chi connectivity index (χ0v) is 11.1. The zero-order valence-electron chi connectivity index (χ0n) is 11.1. The Morgan fingerprint density at radius 1 is 1.25 bits per heavy atom. The van der Waals surface area contributed by atoms with E-state index in [-0.39, 0.29) is 17.4 Å². The SMILES string of the molecule is CCC(CC)(CC)NC(=O)C(C#N)C(C)C. The lowest BCUT2D eigenvalue weighted by Gasteiger charge is -2.33. The molecule has 1 unspecified atom stereocenters. The summed E-state index contributed by atoms with van der Waals surface area (Å²) in [5.74, 6) is -0.597. The number of hydrogen-bond acceptors (Lipinski definition) is 2. The van der Waals surface area contributed by atoms with E-state index in [4.69, 9.17) is 5.26 Å². The van der Waals surface area contributed by atoms with Gasteiger partial charge in [0.15, 0.2) is 0 Å². The summed E-state index contributed by atoms with van der Waals surface area (Å²) in [6.45, 7) is 10.0. The van der Waals surface area contributed by atoms with Crippen LogP contribution < -0.4 is 5.32 Å².